The highest BCUT2D eigenvalue weighted by molar-refractivity contribution is 7.89. The van der Waals surface area contributed by atoms with Crippen LogP contribution in [0.2, 0.25) is 0 Å². The van der Waals surface area contributed by atoms with Gasteiger partial charge in [0.1, 0.15) is 10.6 Å². The fraction of sp³-hybridized carbons (Fsp3) is 0.615. The van der Waals surface area contributed by atoms with E-state index >= 15 is 0 Å². The SMILES string of the molecule is CCN(CC)S(=O)(=O)c1c[nH]c(C(=O)NCC(C)(C)O)c1. The van der Waals surface area contributed by atoms with Gasteiger partial charge in [0.15, 0.2) is 0 Å². The number of nitrogens with one attached hydrogen (secondary N) is 2. The lowest BCUT2D eigenvalue weighted by atomic mass is 10.1. The molecule has 7 nitrogen and oxygen atoms in total. The number of sulfonamides is 1. The quantitative estimate of drug-likeness (QED) is 0.683. The summed E-state index contributed by atoms with van der Waals surface area (Å²) in [5.41, 5.74) is -0.886. The van der Waals surface area contributed by atoms with Crippen LogP contribution >= 0.6 is 0 Å². The first kappa shape index (κ1) is 17.7. The summed E-state index contributed by atoms with van der Waals surface area (Å²) < 4.78 is 25.9. The Kier molecular flexibility index (Phi) is 5.54. The molecule has 120 valence electrons. The highest BCUT2D eigenvalue weighted by Gasteiger charge is 2.24. The fourth-order valence-electron chi connectivity index (χ4n) is 1.76. The second kappa shape index (κ2) is 6.59. The van der Waals surface area contributed by atoms with E-state index in [1.807, 2.05) is 0 Å². The van der Waals surface area contributed by atoms with Crippen LogP contribution in [0.4, 0.5) is 0 Å². The van der Waals surface area contributed by atoms with Crippen LogP contribution < -0.4 is 5.32 Å². The Labute approximate surface area is 125 Å². The largest absolute Gasteiger partial charge is 0.389 e. The molecule has 1 rings (SSSR count). The lowest BCUT2D eigenvalue weighted by Gasteiger charge is -2.17. The summed E-state index contributed by atoms with van der Waals surface area (Å²) in [6.07, 6.45) is 1.30. The van der Waals surface area contributed by atoms with Crippen LogP contribution in [-0.4, -0.2) is 54.0 Å². The monoisotopic (exact) mass is 317 g/mol. The van der Waals surface area contributed by atoms with Gasteiger partial charge in [-0.15, -0.1) is 0 Å². The standard InChI is InChI=1S/C13H23N3O4S/c1-5-16(6-2)21(19,20)10-7-11(14-8-10)12(17)15-9-13(3,4)18/h7-8,14,18H,5-6,9H2,1-4H3,(H,15,17). The van der Waals surface area contributed by atoms with E-state index < -0.39 is 21.5 Å². The maximum Gasteiger partial charge on any atom is 0.267 e. The highest BCUT2D eigenvalue weighted by atomic mass is 32.2. The lowest BCUT2D eigenvalue weighted by Crippen LogP contribution is -2.38. The fourth-order valence-corrected chi connectivity index (χ4v) is 3.21. The minimum atomic E-state index is -3.58. The summed E-state index contributed by atoms with van der Waals surface area (Å²) in [4.78, 5) is 14.6. The van der Waals surface area contributed by atoms with Crippen molar-refractivity contribution >= 4 is 15.9 Å². The second-order valence-corrected chi connectivity index (χ2v) is 7.27. The van der Waals surface area contributed by atoms with E-state index in [1.165, 1.54) is 16.6 Å². The molecule has 0 saturated carbocycles. The van der Waals surface area contributed by atoms with Gasteiger partial charge in [0.05, 0.1) is 5.60 Å². The van der Waals surface area contributed by atoms with Crippen LogP contribution in [0.3, 0.4) is 0 Å². The molecular weight excluding hydrogens is 294 g/mol. The highest BCUT2D eigenvalue weighted by Crippen LogP contribution is 2.16. The van der Waals surface area contributed by atoms with Crippen molar-refractivity contribution in [3.63, 3.8) is 0 Å². The zero-order chi connectivity index (χ0) is 16.3. The van der Waals surface area contributed by atoms with Gasteiger partial charge in [0.25, 0.3) is 5.91 Å². The third-order valence-corrected chi connectivity index (χ3v) is 4.95. The summed E-state index contributed by atoms with van der Waals surface area (Å²) in [7, 11) is -3.58. The van der Waals surface area contributed by atoms with Crippen LogP contribution in [0.15, 0.2) is 17.2 Å². The Morgan fingerprint density at radius 1 is 1.38 bits per heavy atom. The Morgan fingerprint density at radius 2 is 1.95 bits per heavy atom. The summed E-state index contributed by atoms with van der Waals surface area (Å²) in [6, 6.07) is 1.30. The molecule has 0 unspecified atom stereocenters. The molecule has 0 aliphatic rings. The zero-order valence-corrected chi connectivity index (χ0v) is 13.6. The van der Waals surface area contributed by atoms with Gasteiger partial charge in [-0.3, -0.25) is 4.79 Å². The van der Waals surface area contributed by atoms with Gasteiger partial charge in [-0.2, -0.15) is 4.31 Å². The van der Waals surface area contributed by atoms with Crippen molar-refractivity contribution in [3.8, 4) is 0 Å². The molecule has 0 saturated heterocycles. The second-order valence-electron chi connectivity index (χ2n) is 5.33. The molecule has 1 heterocycles. The van der Waals surface area contributed by atoms with Gasteiger partial charge in [-0.05, 0) is 19.9 Å². The molecule has 1 aromatic heterocycles. The molecule has 0 atom stereocenters. The van der Waals surface area contributed by atoms with E-state index in [0.29, 0.717) is 13.1 Å². The van der Waals surface area contributed by atoms with Gasteiger partial charge < -0.3 is 15.4 Å². The van der Waals surface area contributed by atoms with Gasteiger partial charge >= 0.3 is 0 Å². The van der Waals surface area contributed by atoms with E-state index in [0.717, 1.165) is 0 Å². The number of hydrogen-bond donors (Lipinski definition) is 3. The number of rotatable bonds is 7. The van der Waals surface area contributed by atoms with Crippen LogP contribution in [0.25, 0.3) is 0 Å². The van der Waals surface area contributed by atoms with Gasteiger partial charge in [-0.1, -0.05) is 13.8 Å². The Morgan fingerprint density at radius 3 is 2.43 bits per heavy atom. The molecule has 0 bridgehead atoms. The average molecular weight is 317 g/mol. The summed E-state index contributed by atoms with van der Waals surface area (Å²) in [5.74, 6) is -0.460. The molecule has 0 radical (unpaired) electrons. The molecule has 3 N–H and O–H groups in total. The van der Waals surface area contributed by atoms with Crippen LogP contribution in [0.1, 0.15) is 38.2 Å². The maximum absolute atomic E-state index is 12.3. The molecule has 1 amide bonds. The molecular formula is C13H23N3O4S. The van der Waals surface area contributed by atoms with Gasteiger partial charge in [0.2, 0.25) is 10.0 Å². The Balaban J connectivity index is 2.89. The molecule has 0 aliphatic heterocycles. The molecule has 8 heteroatoms. The Bertz CT molecular complexity index is 583. The van der Waals surface area contributed by atoms with E-state index in [9.17, 15) is 18.3 Å². The van der Waals surface area contributed by atoms with Crippen molar-refractivity contribution < 1.29 is 18.3 Å². The smallest absolute Gasteiger partial charge is 0.267 e. The number of carbonyl (C=O) groups excluding carboxylic acids is 1. The number of aromatic amines is 1. The summed E-state index contributed by atoms with van der Waals surface area (Å²) in [5, 5.41) is 12.1. The van der Waals surface area contributed by atoms with Gasteiger partial charge in [0, 0.05) is 25.8 Å². The third kappa shape index (κ3) is 4.55. The number of aliphatic hydroxyl groups is 1. The minimum Gasteiger partial charge on any atom is -0.389 e. The minimum absolute atomic E-state index is 0.0552. The predicted octanol–water partition coefficient (Wildman–Crippen LogP) is 0.546. The molecule has 0 spiro atoms. The number of hydrogen-bond acceptors (Lipinski definition) is 4. The van der Waals surface area contributed by atoms with Crippen molar-refractivity contribution in [3.05, 3.63) is 18.0 Å². The topological polar surface area (TPSA) is 103 Å². The van der Waals surface area contributed by atoms with Gasteiger partial charge in [-0.25, -0.2) is 8.42 Å². The third-order valence-electron chi connectivity index (χ3n) is 2.93. The average Bonchev–Trinajstić information content (AvgIpc) is 2.86. The van der Waals surface area contributed by atoms with Crippen LogP contribution in [0.5, 0.6) is 0 Å². The zero-order valence-electron chi connectivity index (χ0n) is 12.8. The summed E-state index contributed by atoms with van der Waals surface area (Å²) >= 11 is 0. The predicted molar refractivity (Wildman–Crippen MR) is 79.5 cm³/mol. The number of aromatic nitrogens is 1. The lowest BCUT2D eigenvalue weighted by molar-refractivity contribution is 0.0692. The van der Waals surface area contributed by atoms with Crippen molar-refractivity contribution in [2.24, 2.45) is 0 Å². The van der Waals surface area contributed by atoms with E-state index in [4.69, 9.17) is 0 Å². The van der Waals surface area contributed by atoms with Crippen LogP contribution in [-0.2, 0) is 10.0 Å². The molecule has 0 aromatic carbocycles. The molecule has 0 aliphatic carbocycles. The molecule has 1 aromatic rings. The first-order valence-electron chi connectivity index (χ1n) is 6.81. The number of carbonyl (C=O) groups is 1. The number of H-pyrrole nitrogens is 1. The number of amides is 1. The summed E-state index contributed by atoms with van der Waals surface area (Å²) in [6.45, 7) is 7.45. The van der Waals surface area contributed by atoms with Crippen molar-refractivity contribution in [1.82, 2.24) is 14.6 Å². The first-order valence-corrected chi connectivity index (χ1v) is 8.25. The van der Waals surface area contributed by atoms with Crippen molar-refractivity contribution in [1.29, 1.82) is 0 Å². The van der Waals surface area contributed by atoms with Crippen molar-refractivity contribution in [2.75, 3.05) is 19.6 Å². The maximum atomic E-state index is 12.3. The number of nitrogens with zero attached hydrogens (tertiary/aromatic N) is 1. The normalized spacial score (nSPS) is 12.7. The molecule has 0 fully saturated rings. The van der Waals surface area contributed by atoms with Crippen LogP contribution in [0, 0.1) is 0 Å². The first-order chi connectivity index (χ1) is 9.61. The van der Waals surface area contributed by atoms with E-state index in [1.54, 1.807) is 27.7 Å². The van der Waals surface area contributed by atoms with Crippen molar-refractivity contribution in [2.45, 2.75) is 38.2 Å². The Hall–Kier alpha value is -1.38. The van der Waals surface area contributed by atoms with E-state index in [2.05, 4.69) is 10.3 Å². The van der Waals surface area contributed by atoms with E-state index in [-0.39, 0.29) is 17.1 Å². The molecule has 21 heavy (non-hydrogen) atoms.